The molecule has 2 N–H and O–H groups in total. The van der Waals surface area contributed by atoms with E-state index in [4.69, 9.17) is 5.73 Å². The van der Waals surface area contributed by atoms with Crippen molar-refractivity contribution in [1.29, 1.82) is 0 Å². The Bertz CT molecular complexity index is 323. The number of nitrogens with zero attached hydrogens (tertiary/aromatic N) is 1. The predicted molar refractivity (Wildman–Crippen MR) is 62.4 cm³/mol. The summed E-state index contributed by atoms with van der Waals surface area (Å²) < 4.78 is 13.6. The minimum atomic E-state index is -0.193. The van der Waals surface area contributed by atoms with Gasteiger partial charge in [0.15, 0.2) is 0 Å². The van der Waals surface area contributed by atoms with Gasteiger partial charge in [-0.15, -0.1) is 0 Å². The smallest absolute Gasteiger partial charge is 0.146 e. The van der Waals surface area contributed by atoms with E-state index in [2.05, 4.69) is 13.8 Å². The Hall–Kier alpha value is -1.09. The van der Waals surface area contributed by atoms with Crippen molar-refractivity contribution < 1.29 is 4.39 Å². The van der Waals surface area contributed by atoms with E-state index >= 15 is 0 Å². The van der Waals surface area contributed by atoms with E-state index in [1.165, 1.54) is 6.07 Å². The third-order valence-corrected chi connectivity index (χ3v) is 2.30. The van der Waals surface area contributed by atoms with Gasteiger partial charge in [0.2, 0.25) is 0 Å². The number of hydrogen-bond acceptors (Lipinski definition) is 2. The molecule has 0 atom stereocenters. The predicted octanol–water partition coefficient (Wildman–Crippen LogP) is 2.38. The van der Waals surface area contributed by atoms with Crippen molar-refractivity contribution in [2.24, 2.45) is 11.7 Å². The van der Waals surface area contributed by atoms with Crippen molar-refractivity contribution >= 4 is 5.69 Å². The molecule has 0 amide bonds. The van der Waals surface area contributed by atoms with Crippen LogP contribution >= 0.6 is 0 Å². The van der Waals surface area contributed by atoms with Gasteiger partial charge in [-0.05, 0) is 23.6 Å². The van der Waals surface area contributed by atoms with Gasteiger partial charge in [0, 0.05) is 20.1 Å². The molecule has 1 aromatic carbocycles. The second-order valence-electron chi connectivity index (χ2n) is 4.26. The summed E-state index contributed by atoms with van der Waals surface area (Å²) in [5.41, 5.74) is 6.91. The summed E-state index contributed by atoms with van der Waals surface area (Å²) in [5, 5.41) is 0. The Morgan fingerprint density at radius 1 is 1.40 bits per heavy atom. The fourth-order valence-electron chi connectivity index (χ4n) is 1.63. The normalized spacial score (nSPS) is 10.8. The van der Waals surface area contributed by atoms with Gasteiger partial charge in [-0.25, -0.2) is 4.39 Å². The van der Waals surface area contributed by atoms with Gasteiger partial charge in [0.25, 0.3) is 0 Å². The summed E-state index contributed by atoms with van der Waals surface area (Å²) in [6.45, 7) is 5.45. The quantitative estimate of drug-likeness (QED) is 0.826. The molecule has 1 aromatic rings. The molecule has 1 rings (SSSR count). The van der Waals surface area contributed by atoms with Gasteiger partial charge in [0.05, 0.1) is 5.69 Å². The zero-order valence-corrected chi connectivity index (χ0v) is 9.63. The van der Waals surface area contributed by atoms with Crippen LogP contribution in [0, 0.1) is 11.7 Å². The lowest BCUT2D eigenvalue weighted by Gasteiger charge is -2.22. The van der Waals surface area contributed by atoms with Gasteiger partial charge >= 0.3 is 0 Å². The molecule has 2 nitrogen and oxygen atoms in total. The monoisotopic (exact) mass is 210 g/mol. The van der Waals surface area contributed by atoms with Crippen molar-refractivity contribution in [2.45, 2.75) is 20.4 Å². The summed E-state index contributed by atoms with van der Waals surface area (Å²) in [6, 6.07) is 5.17. The Morgan fingerprint density at radius 3 is 2.53 bits per heavy atom. The van der Waals surface area contributed by atoms with Crippen LogP contribution in [0.2, 0.25) is 0 Å². The van der Waals surface area contributed by atoms with Crippen molar-refractivity contribution in [1.82, 2.24) is 0 Å². The molecule has 0 spiro atoms. The van der Waals surface area contributed by atoms with E-state index in [1.807, 2.05) is 18.0 Å². The average Bonchev–Trinajstić information content (AvgIpc) is 2.16. The van der Waals surface area contributed by atoms with Crippen LogP contribution in [-0.4, -0.2) is 13.6 Å². The SMILES string of the molecule is CC(C)CN(C)c1ccc(CN)cc1F. The van der Waals surface area contributed by atoms with E-state index in [-0.39, 0.29) is 5.82 Å². The average molecular weight is 210 g/mol. The van der Waals surface area contributed by atoms with Crippen molar-refractivity contribution in [3.63, 3.8) is 0 Å². The molecule has 3 heteroatoms. The summed E-state index contributed by atoms with van der Waals surface area (Å²) in [4.78, 5) is 1.93. The molecule has 0 aliphatic rings. The number of hydrogen-bond donors (Lipinski definition) is 1. The van der Waals surface area contributed by atoms with Crippen LogP contribution in [-0.2, 0) is 6.54 Å². The molecule has 0 saturated heterocycles. The highest BCUT2D eigenvalue weighted by molar-refractivity contribution is 5.48. The Morgan fingerprint density at radius 2 is 2.07 bits per heavy atom. The highest BCUT2D eigenvalue weighted by Crippen LogP contribution is 2.20. The second kappa shape index (κ2) is 5.12. The first-order valence-corrected chi connectivity index (χ1v) is 5.24. The van der Waals surface area contributed by atoms with Crippen LogP contribution in [0.4, 0.5) is 10.1 Å². The molecule has 0 fully saturated rings. The van der Waals surface area contributed by atoms with Gasteiger partial charge < -0.3 is 10.6 Å². The van der Waals surface area contributed by atoms with Gasteiger partial charge in [-0.2, -0.15) is 0 Å². The topological polar surface area (TPSA) is 29.3 Å². The minimum Gasteiger partial charge on any atom is -0.372 e. The van der Waals surface area contributed by atoms with Gasteiger partial charge in [-0.3, -0.25) is 0 Å². The van der Waals surface area contributed by atoms with Crippen molar-refractivity contribution in [2.75, 3.05) is 18.5 Å². The maximum absolute atomic E-state index is 13.6. The lowest BCUT2D eigenvalue weighted by Crippen LogP contribution is -2.23. The standard InChI is InChI=1S/C12H19FN2/c1-9(2)8-15(3)12-5-4-10(7-14)6-11(12)13/h4-6,9H,7-8,14H2,1-3H3. The van der Waals surface area contributed by atoms with Crippen molar-refractivity contribution in [3.8, 4) is 0 Å². The third-order valence-electron chi connectivity index (χ3n) is 2.30. The van der Waals surface area contributed by atoms with Crippen LogP contribution in [0.25, 0.3) is 0 Å². The molecule has 0 radical (unpaired) electrons. The highest BCUT2D eigenvalue weighted by Gasteiger charge is 2.09. The van der Waals surface area contributed by atoms with Crippen molar-refractivity contribution in [3.05, 3.63) is 29.6 Å². The maximum atomic E-state index is 13.6. The first-order chi connectivity index (χ1) is 7.04. The van der Waals surface area contributed by atoms with Crippen LogP contribution in [0.15, 0.2) is 18.2 Å². The molecule has 0 heterocycles. The van der Waals surface area contributed by atoms with E-state index in [9.17, 15) is 4.39 Å². The van der Waals surface area contributed by atoms with Crippen LogP contribution in [0.3, 0.4) is 0 Å². The van der Waals surface area contributed by atoms with Gasteiger partial charge in [0.1, 0.15) is 5.82 Å². The molecule has 0 aliphatic heterocycles. The molecule has 0 bridgehead atoms. The van der Waals surface area contributed by atoms with E-state index < -0.39 is 0 Å². The number of nitrogens with two attached hydrogens (primary N) is 1. The minimum absolute atomic E-state index is 0.193. The Labute approximate surface area is 90.9 Å². The maximum Gasteiger partial charge on any atom is 0.146 e. The van der Waals surface area contributed by atoms with E-state index in [1.54, 1.807) is 6.07 Å². The Balaban J connectivity index is 2.85. The molecule has 84 valence electrons. The molecule has 0 aliphatic carbocycles. The largest absolute Gasteiger partial charge is 0.372 e. The molecule has 0 unspecified atom stereocenters. The first-order valence-electron chi connectivity index (χ1n) is 5.24. The summed E-state index contributed by atoms with van der Waals surface area (Å²) >= 11 is 0. The molecule has 15 heavy (non-hydrogen) atoms. The van der Waals surface area contributed by atoms with E-state index in [0.717, 1.165) is 12.1 Å². The fourth-order valence-corrected chi connectivity index (χ4v) is 1.63. The molecule has 0 saturated carbocycles. The third kappa shape index (κ3) is 3.20. The number of rotatable bonds is 4. The van der Waals surface area contributed by atoms with E-state index in [0.29, 0.717) is 18.2 Å². The zero-order chi connectivity index (χ0) is 11.4. The summed E-state index contributed by atoms with van der Waals surface area (Å²) in [5.74, 6) is 0.324. The van der Waals surface area contributed by atoms with Crippen LogP contribution in [0.5, 0.6) is 0 Å². The van der Waals surface area contributed by atoms with Crippen LogP contribution < -0.4 is 10.6 Å². The Kier molecular flexibility index (Phi) is 4.09. The summed E-state index contributed by atoms with van der Waals surface area (Å²) in [6.07, 6.45) is 0. The molecular formula is C12H19FN2. The summed E-state index contributed by atoms with van der Waals surface area (Å²) in [7, 11) is 1.90. The molecule has 0 aromatic heterocycles. The molecular weight excluding hydrogens is 191 g/mol. The lowest BCUT2D eigenvalue weighted by atomic mass is 10.1. The number of benzene rings is 1. The highest BCUT2D eigenvalue weighted by atomic mass is 19.1. The number of halogens is 1. The fraction of sp³-hybridized carbons (Fsp3) is 0.500. The zero-order valence-electron chi connectivity index (χ0n) is 9.63. The first kappa shape index (κ1) is 12.0. The second-order valence-corrected chi connectivity index (χ2v) is 4.26. The van der Waals surface area contributed by atoms with Gasteiger partial charge in [-0.1, -0.05) is 19.9 Å². The van der Waals surface area contributed by atoms with Crippen LogP contribution in [0.1, 0.15) is 19.4 Å². The number of anilines is 1. The lowest BCUT2D eigenvalue weighted by molar-refractivity contribution is 0.598.